The summed E-state index contributed by atoms with van der Waals surface area (Å²) in [4.78, 5) is 0. The van der Waals surface area contributed by atoms with Crippen molar-refractivity contribution in [1.29, 1.82) is 5.26 Å². The molecule has 0 amide bonds. The Bertz CT molecular complexity index is 150. The molecule has 1 unspecified atom stereocenters. The SMILES string of the molecule is C#CC(C)NCCCC#N. The first-order chi connectivity index (χ1) is 4.81. The minimum atomic E-state index is 0.124. The Morgan fingerprint density at radius 2 is 2.40 bits per heavy atom. The van der Waals surface area contributed by atoms with Crippen molar-refractivity contribution < 1.29 is 0 Å². The molecule has 2 heteroatoms. The molecular formula is C8H12N2. The minimum Gasteiger partial charge on any atom is -0.304 e. The van der Waals surface area contributed by atoms with Gasteiger partial charge in [0, 0.05) is 6.42 Å². The predicted octanol–water partition coefficient (Wildman–Crippen LogP) is 0.901. The quantitative estimate of drug-likeness (QED) is 0.460. The maximum atomic E-state index is 8.17. The van der Waals surface area contributed by atoms with Crippen LogP contribution in [0.5, 0.6) is 0 Å². The van der Waals surface area contributed by atoms with Gasteiger partial charge in [-0.2, -0.15) is 5.26 Å². The molecule has 54 valence electrons. The highest BCUT2D eigenvalue weighted by molar-refractivity contribution is 4.95. The third-order valence-electron chi connectivity index (χ3n) is 1.17. The molecular weight excluding hydrogens is 124 g/mol. The summed E-state index contributed by atoms with van der Waals surface area (Å²) in [6.45, 7) is 2.76. The molecule has 0 aromatic rings. The van der Waals surface area contributed by atoms with E-state index in [1.165, 1.54) is 0 Å². The Morgan fingerprint density at radius 1 is 1.70 bits per heavy atom. The van der Waals surface area contributed by atoms with Crippen LogP contribution < -0.4 is 5.32 Å². The van der Waals surface area contributed by atoms with E-state index < -0.39 is 0 Å². The van der Waals surface area contributed by atoms with Crippen molar-refractivity contribution in [2.24, 2.45) is 0 Å². The average Bonchev–Trinajstić information content (AvgIpc) is 1.98. The number of hydrogen-bond donors (Lipinski definition) is 1. The zero-order valence-electron chi connectivity index (χ0n) is 6.22. The van der Waals surface area contributed by atoms with Crippen LogP contribution in [0.4, 0.5) is 0 Å². The van der Waals surface area contributed by atoms with Crippen molar-refractivity contribution in [3.63, 3.8) is 0 Å². The molecule has 2 nitrogen and oxygen atoms in total. The summed E-state index contributed by atoms with van der Waals surface area (Å²) in [5, 5.41) is 11.3. The highest BCUT2D eigenvalue weighted by atomic mass is 14.9. The number of terminal acetylenes is 1. The Balaban J connectivity index is 3.07. The fourth-order valence-corrected chi connectivity index (χ4v) is 0.545. The molecule has 0 bridgehead atoms. The third kappa shape index (κ3) is 5.15. The van der Waals surface area contributed by atoms with Gasteiger partial charge < -0.3 is 5.32 Å². The van der Waals surface area contributed by atoms with Crippen molar-refractivity contribution in [3.8, 4) is 18.4 Å². The molecule has 0 heterocycles. The van der Waals surface area contributed by atoms with E-state index in [0.717, 1.165) is 13.0 Å². The first-order valence-corrected chi connectivity index (χ1v) is 3.37. The Morgan fingerprint density at radius 3 is 2.90 bits per heavy atom. The van der Waals surface area contributed by atoms with Gasteiger partial charge in [0.1, 0.15) is 0 Å². The van der Waals surface area contributed by atoms with Crippen LogP contribution in [0.2, 0.25) is 0 Å². The highest BCUT2D eigenvalue weighted by Gasteiger charge is 1.92. The second kappa shape index (κ2) is 6.13. The molecule has 0 aliphatic rings. The lowest BCUT2D eigenvalue weighted by molar-refractivity contribution is 0.623. The van der Waals surface area contributed by atoms with Gasteiger partial charge in [-0.05, 0) is 19.9 Å². The van der Waals surface area contributed by atoms with E-state index in [9.17, 15) is 0 Å². The summed E-state index contributed by atoms with van der Waals surface area (Å²) in [6, 6.07) is 2.19. The second-order valence-corrected chi connectivity index (χ2v) is 2.10. The summed E-state index contributed by atoms with van der Waals surface area (Å²) in [6.07, 6.45) is 6.59. The summed E-state index contributed by atoms with van der Waals surface area (Å²) in [7, 11) is 0. The highest BCUT2D eigenvalue weighted by Crippen LogP contribution is 1.84. The lowest BCUT2D eigenvalue weighted by Crippen LogP contribution is -2.24. The van der Waals surface area contributed by atoms with Crippen LogP contribution in [0, 0.1) is 23.7 Å². The number of unbranched alkanes of at least 4 members (excludes halogenated alkanes) is 1. The predicted molar refractivity (Wildman–Crippen MR) is 41.1 cm³/mol. The van der Waals surface area contributed by atoms with E-state index in [4.69, 9.17) is 11.7 Å². The lowest BCUT2D eigenvalue weighted by Gasteiger charge is -2.04. The normalized spacial score (nSPS) is 11.5. The number of rotatable bonds is 4. The summed E-state index contributed by atoms with van der Waals surface area (Å²) in [5.74, 6) is 2.55. The molecule has 0 saturated heterocycles. The number of nitrogens with one attached hydrogen (secondary N) is 1. The monoisotopic (exact) mass is 136 g/mol. The molecule has 1 N–H and O–H groups in total. The van der Waals surface area contributed by atoms with E-state index in [1.54, 1.807) is 0 Å². The smallest absolute Gasteiger partial charge is 0.0658 e. The summed E-state index contributed by atoms with van der Waals surface area (Å²) < 4.78 is 0. The molecule has 0 spiro atoms. The third-order valence-corrected chi connectivity index (χ3v) is 1.17. The maximum Gasteiger partial charge on any atom is 0.0658 e. The van der Waals surface area contributed by atoms with Crippen LogP contribution in [-0.4, -0.2) is 12.6 Å². The van der Waals surface area contributed by atoms with Gasteiger partial charge in [-0.15, -0.1) is 6.42 Å². The first-order valence-electron chi connectivity index (χ1n) is 3.37. The van der Waals surface area contributed by atoms with Crippen molar-refractivity contribution in [3.05, 3.63) is 0 Å². The Kier molecular flexibility index (Phi) is 5.53. The van der Waals surface area contributed by atoms with Gasteiger partial charge >= 0.3 is 0 Å². The molecule has 1 atom stereocenters. The van der Waals surface area contributed by atoms with Crippen LogP contribution in [0.25, 0.3) is 0 Å². The maximum absolute atomic E-state index is 8.17. The van der Waals surface area contributed by atoms with Gasteiger partial charge in [0.05, 0.1) is 12.1 Å². The van der Waals surface area contributed by atoms with Gasteiger partial charge in [0.15, 0.2) is 0 Å². The van der Waals surface area contributed by atoms with Gasteiger partial charge in [0.25, 0.3) is 0 Å². The molecule has 10 heavy (non-hydrogen) atoms. The lowest BCUT2D eigenvalue weighted by atomic mass is 10.3. The van der Waals surface area contributed by atoms with Crippen molar-refractivity contribution in [1.82, 2.24) is 5.32 Å². The molecule has 0 rings (SSSR count). The van der Waals surface area contributed by atoms with Gasteiger partial charge in [-0.1, -0.05) is 5.92 Å². The molecule has 0 aromatic heterocycles. The summed E-state index contributed by atoms with van der Waals surface area (Å²) in [5.41, 5.74) is 0. The van der Waals surface area contributed by atoms with Crippen LogP contribution in [0.1, 0.15) is 19.8 Å². The van der Waals surface area contributed by atoms with Crippen LogP contribution in [0.15, 0.2) is 0 Å². The standard InChI is InChI=1S/C8H12N2/c1-3-8(2)10-7-5-4-6-9/h1,8,10H,4-5,7H2,2H3. The number of hydrogen-bond acceptors (Lipinski definition) is 2. The van der Waals surface area contributed by atoms with E-state index in [-0.39, 0.29) is 6.04 Å². The van der Waals surface area contributed by atoms with Crippen LogP contribution >= 0.6 is 0 Å². The largest absolute Gasteiger partial charge is 0.304 e. The van der Waals surface area contributed by atoms with Gasteiger partial charge in [-0.25, -0.2) is 0 Å². The van der Waals surface area contributed by atoms with Crippen LogP contribution in [0.3, 0.4) is 0 Å². The Hall–Kier alpha value is -0.990. The van der Waals surface area contributed by atoms with E-state index >= 15 is 0 Å². The van der Waals surface area contributed by atoms with E-state index in [0.29, 0.717) is 6.42 Å². The van der Waals surface area contributed by atoms with Crippen LogP contribution in [-0.2, 0) is 0 Å². The van der Waals surface area contributed by atoms with Gasteiger partial charge in [0.2, 0.25) is 0 Å². The molecule has 0 radical (unpaired) electrons. The second-order valence-electron chi connectivity index (χ2n) is 2.10. The van der Waals surface area contributed by atoms with E-state index in [2.05, 4.69) is 17.3 Å². The number of nitrogens with zero attached hydrogens (tertiary/aromatic N) is 1. The minimum absolute atomic E-state index is 0.124. The molecule has 0 saturated carbocycles. The van der Waals surface area contributed by atoms with Crippen molar-refractivity contribution in [2.45, 2.75) is 25.8 Å². The fourth-order valence-electron chi connectivity index (χ4n) is 0.545. The fraction of sp³-hybridized carbons (Fsp3) is 0.625. The first kappa shape index (κ1) is 9.01. The molecule has 0 aliphatic carbocycles. The zero-order chi connectivity index (χ0) is 7.82. The number of nitriles is 1. The molecule has 0 aromatic carbocycles. The van der Waals surface area contributed by atoms with Gasteiger partial charge in [-0.3, -0.25) is 0 Å². The summed E-state index contributed by atoms with van der Waals surface area (Å²) >= 11 is 0. The Labute approximate surface area is 62.2 Å². The van der Waals surface area contributed by atoms with Crippen molar-refractivity contribution in [2.75, 3.05) is 6.54 Å². The van der Waals surface area contributed by atoms with E-state index in [1.807, 2.05) is 6.92 Å². The molecule has 0 aliphatic heterocycles. The molecule has 0 fully saturated rings. The average molecular weight is 136 g/mol. The zero-order valence-corrected chi connectivity index (χ0v) is 6.22. The van der Waals surface area contributed by atoms with Crippen molar-refractivity contribution >= 4 is 0 Å². The topological polar surface area (TPSA) is 35.8 Å².